The van der Waals surface area contributed by atoms with Crippen LogP contribution >= 0.6 is 0 Å². The first kappa shape index (κ1) is 17.8. The SMILES string of the molecule is CC(C)[NH+]1CC=C2C(C#N)C(=N)C(C#N)(C#N)[C@H](c3ccncc3)[C@H]2C1. The Hall–Kier alpha value is -3.01. The van der Waals surface area contributed by atoms with Crippen molar-refractivity contribution in [1.82, 2.24) is 4.98 Å². The maximum absolute atomic E-state index is 9.96. The zero-order chi connectivity index (χ0) is 18.9. The molecule has 0 saturated heterocycles. The fraction of sp³-hybridized carbons (Fsp3) is 0.450. The quantitative estimate of drug-likeness (QED) is 0.785. The van der Waals surface area contributed by atoms with Crippen molar-refractivity contribution in [3.8, 4) is 18.2 Å². The van der Waals surface area contributed by atoms with E-state index < -0.39 is 17.3 Å². The maximum Gasteiger partial charge on any atom is 0.189 e. The first-order valence-electron chi connectivity index (χ1n) is 8.75. The summed E-state index contributed by atoms with van der Waals surface area (Å²) in [6.07, 6.45) is 5.35. The molecule has 2 heterocycles. The van der Waals surface area contributed by atoms with Crippen LogP contribution < -0.4 is 4.90 Å². The number of quaternary nitrogens is 1. The summed E-state index contributed by atoms with van der Waals surface area (Å²) in [7, 11) is 0. The second kappa shape index (κ2) is 6.71. The van der Waals surface area contributed by atoms with E-state index in [4.69, 9.17) is 5.41 Å². The molecular weight excluding hydrogens is 324 g/mol. The summed E-state index contributed by atoms with van der Waals surface area (Å²) in [6, 6.07) is 10.4. The van der Waals surface area contributed by atoms with Gasteiger partial charge in [-0.2, -0.15) is 15.8 Å². The van der Waals surface area contributed by atoms with Crippen LogP contribution in [-0.2, 0) is 0 Å². The number of rotatable bonds is 2. The van der Waals surface area contributed by atoms with Crippen molar-refractivity contribution in [2.45, 2.75) is 25.8 Å². The van der Waals surface area contributed by atoms with E-state index in [2.05, 4.69) is 43.1 Å². The van der Waals surface area contributed by atoms with E-state index in [1.54, 1.807) is 12.4 Å². The molecule has 6 heteroatoms. The largest absolute Gasteiger partial charge is 0.329 e. The van der Waals surface area contributed by atoms with Crippen LogP contribution in [0, 0.1) is 56.7 Å². The lowest BCUT2D eigenvalue weighted by Crippen LogP contribution is -3.16. The molecule has 2 aliphatic rings. The number of hydrogen-bond donors (Lipinski definition) is 2. The molecule has 1 aromatic heterocycles. The third kappa shape index (κ3) is 2.49. The van der Waals surface area contributed by atoms with Crippen molar-refractivity contribution in [1.29, 1.82) is 21.2 Å². The molecule has 130 valence electrons. The van der Waals surface area contributed by atoms with Crippen molar-refractivity contribution in [2.75, 3.05) is 13.1 Å². The number of hydrogen-bond acceptors (Lipinski definition) is 5. The van der Waals surface area contributed by atoms with Crippen LogP contribution in [0.25, 0.3) is 0 Å². The Morgan fingerprint density at radius 2 is 1.88 bits per heavy atom. The molecule has 4 atom stereocenters. The second-order valence-electron chi connectivity index (χ2n) is 7.30. The van der Waals surface area contributed by atoms with Gasteiger partial charge in [0.1, 0.15) is 5.92 Å². The third-order valence-electron chi connectivity index (χ3n) is 5.79. The van der Waals surface area contributed by atoms with Crippen molar-refractivity contribution in [3.05, 3.63) is 41.7 Å². The van der Waals surface area contributed by atoms with Gasteiger partial charge >= 0.3 is 0 Å². The van der Waals surface area contributed by atoms with Crippen molar-refractivity contribution < 1.29 is 4.90 Å². The number of nitrogens with zero attached hydrogens (tertiary/aromatic N) is 4. The maximum atomic E-state index is 9.96. The molecule has 1 saturated carbocycles. The van der Waals surface area contributed by atoms with Crippen LogP contribution in [0.2, 0.25) is 0 Å². The van der Waals surface area contributed by atoms with Gasteiger partial charge in [-0.3, -0.25) is 4.98 Å². The van der Waals surface area contributed by atoms with Crippen LogP contribution in [0.3, 0.4) is 0 Å². The number of nitrogens with one attached hydrogen (secondary N) is 2. The highest BCUT2D eigenvalue weighted by atomic mass is 15.2. The normalized spacial score (nSPS) is 29.7. The van der Waals surface area contributed by atoms with Crippen LogP contribution in [0.15, 0.2) is 36.2 Å². The van der Waals surface area contributed by atoms with E-state index >= 15 is 0 Å². The molecule has 0 aromatic carbocycles. The first-order valence-corrected chi connectivity index (χ1v) is 8.75. The fourth-order valence-electron chi connectivity index (χ4n) is 4.34. The van der Waals surface area contributed by atoms with Gasteiger partial charge in [-0.25, -0.2) is 0 Å². The Morgan fingerprint density at radius 3 is 2.42 bits per heavy atom. The summed E-state index contributed by atoms with van der Waals surface area (Å²) < 4.78 is 0. The van der Waals surface area contributed by atoms with Gasteiger partial charge in [-0.15, -0.1) is 0 Å². The minimum atomic E-state index is -1.64. The standard InChI is InChI=1S/C20H20N6/c1-13(2)26-8-5-15-16(9-21)19(24)20(11-22,12-23)18(17(15)10-26)14-3-6-25-7-4-14/h3-7,13,16-18,24H,8,10H2,1-2H3/p+1/t16?,17-,18+/m0/s1. The predicted molar refractivity (Wildman–Crippen MR) is 94.9 cm³/mol. The van der Waals surface area contributed by atoms with Crippen molar-refractivity contribution >= 4 is 5.71 Å². The molecule has 6 nitrogen and oxygen atoms in total. The van der Waals surface area contributed by atoms with Gasteiger partial charge in [0, 0.05) is 24.2 Å². The second-order valence-corrected chi connectivity index (χ2v) is 7.30. The third-order valence-corrected chi connectivity index (χ3v) is 5.79. The summed E-state index contributed by atoms with van der Waals surface area (Å²) >= 11 is 0. The number of fused-ring (bicyclic) bond motifs is 1. The molecular formula is C20H21N6+. The number of nitriles is 3. The van der Waals surface area contributed by atoms with E-state index in [-0.39, 0.29) is 11.6 Å². The molecule has 26 heavy (non-hydrogen) atoms. The van der Waals surface area contributed by atoms with Gasteiger partial charge in [-0.05, 0) is 43.2 Å². The Kier molecular flexibility index (Phi) is 4.60. The molecule has 0 radical (unpaired) electrons. The molecule has 0 bridgehead atoms. The van der Waals surface area contributed by atoms with Crippen molar-refractivity contribution in [2.24, 2.45) is 17.3 Å². The molecule has 2 unspecified atom stereocenters. The topological polar surface area (TPSA) is 113 Å². The summed E-state index contributed by atoms with van der Waals surface area (Å²) in [5, 5.41) is 38.2. The Balaban J connectivity index is 2.23. The van der Waals surface area contributed by atoms with Crippen molar-refractivity contribution in [3.63, 3.8) is 0 Å². The Morgan fingerprint density at radius 1 is 1.23 bits per heavy atom. The average Bonchev–Trinajstić information content (AvgIpc) is 2.67. The zero-order valence-corrected chi connectivity index (χ0v) is 14.9. The Labute approximate surface area is 153 Å². The van der Waals surface area contributed by atoms with Crippen LogP contribution in [0.1, 0.15) is 25.3 Å². The van der Waals surface area contributed by atoms with Crippen LogP contribution in [0.5, 0.6) is 0 Å². The van der Waals surface area contributed by atoms with Gasteiger partial charge < -0.3 is 10.3 Å². The lowest BCUT2D eigenvalue weighted by molar-refractivity contribution is -0.920. The monoisotopic (exact) mass is 345 g/mol. The molecule has 2 N–H and O–H groups in total. The first-order chi connectivity index (χ1) is 12.5. The van der Waals surface area contributed by atoms with Crippen LogP contribution in [0.4, 0.5) is 0 Å². The van der Waals surface area contributed by atoms with Gasteiger partial charge in [0.05, 0.1) is 43.1 Å². The van der Waals surface area contributed by atoms with Gasteiger partial charge in [0.25, 0.3) is 0 Å². The highest BCUT2D eigenvalue weighted by Crippen LogP contribution is 2.52. The predicted octanol–water partition coefficient (Wildman–Crippen LogP) is 1.22. The van der Waals surface area contributed by atoms with E-state index in [9.17, 15) is 15.8 Å². The molecule has 0 amide bonds. The fourth-order valence-corrected chi connectivity index (χ4v) is 4.34. The highest BCUT2D eigenvalue weighted by molar-refractivity contribution is 6.00. The smallest absolute Gasteiger partial charge is 0.189 e. The van der Waals surface area contributed by atoms with Gasteiger partial charge in [-0.1, -0.05) is 0 Å². The lowest BCUT2D eigenvalue weighted by Gasteiger charge is -2.46. The number of aromatic nitrogens is 1. The minimum absolute atomic E-state index is 0.0951. The van der Waals surface area contributed by atoms with Gasteiger partial charge in [0.2, 0.25) is 0 Å². The Bertz CT molecular complexity index is 850. The summed E-state index contributed by atoms with van der Waals surface area (Å²) in [5.41, 5.74) is -0.0132. The molecule has 1 aromatic rings. The average molecular weight is 345 g/mol. The molecule has 1 aliphatic heterocycles. The summed E-state index contributed by atoms with van der Waals surface area (Å²) in [4.78, 5) is 5.40. The summed E-state index contributed by atoms with van der Waals surface area (Å²) in [5.74, 6) is -1.40. The molecule has 0 spiro atoms. The van der Waals surface area contributed by atoms with E-state index in [0.717, 1.165) is 24.2 Å². The number of pyridine rings is 1. The molecule has 1 fully saturated rings. The summed E-state index contributed by atoms with van der Waals surface area (Å²) in [6.45, 7) is 5.82. The van der Waals surface area contributed by atoms with E-state index in [1.807, 2.05) is 12.1 Å². The van der Waals surface area contributed by atoms with Crippen LogP contribution in [-0.4, -0.2) is 29.8 Å². The molecule has 1 aliphatic carbocycles. The highest BCUT2D eigenvalue weighted by Gasteiger charge is 2.58. The lowest BCUT2D eigenvalue weighted by atomic mass is 9.54. The van der Waals surface area contributed by atoms with E-state index in [1.165, 1.54) is 4.90 Å². The minimum Gasteiger partial charge on any atom is -0.329 e. The zero-order valence-electron chi connectivity index (χ0n) is 14.9. The molecule has 3 rings (SSSR count). The van der Waals surface area contributed by atoms with Gasteiger partial charge in [0.15, 0.2) is 5.41 Å². The van der Waals surface area contributed by atoms with E-state index in [0.29, 0.717) is 6.04 Å².